The van der Waals surface area contributed by atoms with Crippen molar-refractivity contribution < 1.29 is 9.47 Å². The molecule has 0 radical (unpaired) electrons. The first-order valence-corrected chi connectivity index (χ1v) is 7.33. The minimum atomic E-state index is 0.199. The monoisotopic (exact) mass is 264 g/mol. The van der Waals surface area contributed by atoms with Crippen molar-refractivity contribution in [3.63, 3.8) is 0 Å². The minimum absolute atomic E-state index is 0.199. The van der Waals surface area contributed by atoms with Crippen LogP contribution >= 0.6 is 0 Å². The van der Waals surface area contributed by atoms with Crippen molar-refractivity contribution in [2.75, 3.05) is 13.7 Å². The molecule has 0 amide bonds. The Morgan fingerprint density at radius 3 is 2.79 bits per heavy atom. The van der Waals surface area contributed by atoms with Gasteiger partial charge in [0.15, 0.2) is 0 Å². The Hall–Kier alpha value is -0.860. The topological polar surface area (TPSA) is 18.5 Å². The minimum Gasteiger partial charge on any atom is -0.381 e. The van der Waals surface area contributed by atoms with E-state index >= 15 is 0 Å². The predicted molar refractivity (Wildman–Crippen MR) is 81.3 cm³/mol. The molecule has 0 aliphatic carbocycles. The van der Waals surface area contributed by atoms with Gasteiger partial charge in [-0.15, -0.1) is 0 Å². The Balaban J connectivity index is 2.46. The van der Waals surface area contributed by atoms with Crippen molar-refractivity contribution in [1.29, 1.82) is 0 Å². The second-order valence-corrected chi connectivity index (χ2v) is 5.32. The first-order chi connectivity index (χ1) is 9.19. The van der Waals surface area contributed by atoms with Crippen molar-refractivity contribution >= 4 is 0 Å². The van der Waals surface area contributed by atoms with E-state index in [-0.39, 0.29) is 6.10 Å². The fraction of sp³-hybridized carbons (Fsp3) is 0.647. The molecule has 0 aromatic heterocycles. The van der Waals surface area contributed by atoms with Crippen LogP contribution in [0.5, 0.6) is 0 Å². The van der Waals surface area contributed by atoms with Crippen molar-refractivity contribution in [3.8, 4) is 0 Å². The second kappa shape index (κ2) is 9.11. The molecule has 0 bridgehead atoms. The molecule has 0 spiro atoms. The van der Waals surface area contributed by atoms with Crippen molar-refractivity contribution in [2.24, 2.45) is 5.92 Å². The van der Waals surface area contributed by atoms with E-state index in [1.54, 1.807) is 7.11 Å². The second-order valence-electron chi connectivity index (χ2n) is 5.32. The summed E-state index contributed by atoms with van der Waals surface area (Å²) in [6.07, 6.45) is 14.4. The lowest BCUT2D eigenvalue weighted by Gasteiger charge is -2.34. The van der Waals surface area contributed by atoms with Crippen LogP contribution in [-0.2, 0) is 9.47 Å². The quantitative estimate of drug-likeness (QED) is 0.666. The Kier molecular flexibility index (Phi) is 7.76. The lowest BCUT2D eigenvalue weighted by molar-refractivity contribution is -0.0788. The van der Waals surface area contributed by atoms with Crippen LogP contribution < -0.4 is 0 Å². The van der Waals surface area contributed by atoms with E-state index in [0.717, 1.165) is 19.4 Å². The SMILES string of the molecule is CCCC=CC=CC=C(C)[C@H]1C[C@@H](OC)[C@@H](C)CO1. The van der Waals surface area contributed by atoms with Crippen LogP contribution in [-0.4, -0.2) is 25.9 Å². The molecule has 19 heavy (non-hydrogen) atoms. The molecule has 0 saturated carbocycles. The first-order valence-electron chi connectivity index (χ1n) is 7.33. The molecule has 1 rings (SSSR count). The first kappa shape index (κ1) is 16.2. The Morgan fingerprint density at radius 2 is 2.11 bits per heavy atom. The third kappa shape index (κ3) is 5.75. The summed E-state index contributed by atoms with van der Waals surface area (Å²) in [5.41, 5.74) is 1.27. The molecular formula is C17H28O2. The van der Waals surface area contributed by atoms with E-state index in [4.69, 9.17) is 9.47 Å². The fourth-order valence-electron chi connectivity index (χ4n) is 2.25. The van der Waals surface area contributed by atoms with Crippen LogP contribution in [0.25, 0.3) is 0 Å². The molecule has 0 unspecified atom stereocenters. The van der Waals surface area contributed by atoms with Gasteiger partial charge >= 0.3 is 0 Å². The highest BCUT2D eigenvalue weighted by atomic mass is 16.5. The summed E-state index contributed by atoms with van der Waals surface area (Å²) >= 11 is 0. The maximum atomic E-state index is 5.88. The summed E-state index contributed by atoms with van der Waals surface area (Å²) in [6, 6.07) is 0. The molecule has 1 aliphatic rings. The summed E-state index contributed by atoms with van der Waals surface area (Å²) in [5.74, 6) is 0.488. The number of hydrogen-bond donors (Lipinski definition) is 0. The maximum absolute atomic E-state index is 5.88. The Morgan fingerprint density at radius 1 is 1.32 bits per heavy atom. The molecule has 0 aromatic carbocycles. The smallest absolute Gasteiger partial charge is 0.0810 e. The summed E-state index contributed by atoms with van der Waals surface area (Å²) < 4.78 is 11.4. The molecule has 108 valence electrons. The lowest BCUT2D eigenvalue weighted by Crippen LogP contribution is -2.37. The highest BCUT2D eigenvalue weighted by molar-refractivity contribution is 5.18. The number of allylic oxidation sites excluding steroid dienone is 5. The Labute approximate surface area is 118 Å². The molecule has 1 aliphatic heterocycles. The van der Waals surface area contributed by atoms with Crippen LogP contribution in [0.2, 0.25) is 0 Å². The van der Waals surface area contributed by atoms with Crippen LogP contribution in [0.4, 0.5) is 0 Å². The highest BCUT2D eigenvalue weighted by Gasteiger charge is 2.28. The molecule has 1 fully saturated rings. The average Bonchev–Trinajstić information content (AvgIpc) is 2.43. The molecular weight excluding hydrogens is 236 g/mol. The number of unbranched alkanes of at least 4 members (excludes halogenated alkanes) is 1. The van der Waals surface area contributed by atoms with Gasteiger partial charge in [-0.05, 0) is 18.9 Å². The molecule has 1 saturated heterocycles. The van der Waals surface area contributed by atoms with Gasteiger partial charge in [-0.25, -0.2) is 0 Å². The van der Waals surface area contributed by atoms with E-state index < -0.39 is 0 Å². The van der Waals surface area contributed by atoms with E-state index in [0.29, 0.717) is 12.0 Å². The van der Waals surface area contributed by atoms with Gasteiger partial charge in [0.05, 0.1) is 18.8 Å². The standard InChI is InChI=1S/C17H28O2/c1-5-6-7-8-9-10-11-14(2)17-12-16(18-4)15(3)13-19-17/h7-11,15-17H,5-6,12-13H2,1-4H3/t15-,16+,17+/m0/s1. The number of rotatable bonds is 6. The summed E-state index contributed by atoms with van der Waals surface area (Å²) in [7, 11) is 1.79. The number of ether oxygens (including phenoxy) is 2. The van der Waals surface area contributed by atoms with Gasteiger partial charge in [0, 0.05) is 19.4 Å². The van der Waals surface area contributed by atoms with E-state index in [1.807, 2.05) is 0 Å². The summed E-state index contributed by atoms with van der Waals surface area (Å²) in [5, 5.41) is 0. The average molecular weight is 264 g/mol. The number of hydrogen-bond acceptors (Lipinski definition) is 2. The van der Waals surface area contributed by atoms with Gasteiger partial charge in [-0.2, -0.15) is 0 Å². The van der Waals surface area contributed by atoms with Gasteiger partial charge in [0.1, 0.15) is 0 Å². The molecule has 0 aromatic rings. The third-order valence-electron chi connectivity index (χ3n) is 3.62. The van der Waals surface area contributed by atoms with Crippen LogP contribution in [0.1, 0.15) is 40.0 Å². The molecule has 2 heteroatoms. The zero-order chi connectivity index (χ0) is 14.1. The normalized spacial score (nSPS) is 29.5. The van der Waals surface area contributed by atoms with E-state index in [1.165, 1.54) is 12.0 Å². The fourth-order valence-corrected chi connectivity index (χ4v) is 2.25. The summed E-state index contributed by atoms with van der Waals surface area (Å²) in [6.45, 7) is 7.29. The molecule has 3 atom stereocenters. The maximum Gasteiger partial charge on any atom is 0.0810 e. The van der Waals surface area contributed by atoms with Crippen LogP contribution in [0, 0.1) is 5.92 Å². The van der Waals surface area contributed by atoms with Gasteiger partial charge in [-0.1, -0.05) is 50.6 Å². The van der Waals surface area contributed by atoms with Crippen molar-refractivity contribution in [1.82, 2.24) is 0 Å². The van der Waals surface area contributed by atoms with E-state index in [9.17, 15) is 0 Å². The lowest BCUT2D eigenvalue weighted by atomic mass is 9.93. The zero-order valence-corrected chi connectivity index (χ0v) is 12.8. The third-order valence-corrected chi connectivity index (χ3v) is 3.62. The summed E-state index contributed by atoms with van der Waals surface area (Å²) in [4.78, 5) is 0. The zero-order valence-electron chi connectivity index (χ0n) is 12.8. The number of methoxy groups -OCH3 is 1. The molecule has 2 nitrogen and oxygen atoms in total. The van der Waals surface area contributed by atoms with Crippen molar-refractivity contribution in [3.05, 3.63) is 36.0 Å². The van der Waals surface area contributed by atoms with Crippen LogP contribution in [0.15, 0.2) is 36.0 Å². The molecule has 1 heterocycles. The van der Waals surface area contributed by atoms with Gasteiger partial charge in [-0.3, -0.25) is 0 Å². The van der Waals surface area contributed by atoms with Gasteiger partial charge < -0.3 is 9.47 Å². The Bertz CT molecular complexity index is 328. The van der Waals surface area contributed by atoms with Gasteiger partial charge in [0.25, 0.3) is 0 Å². The largest absolute Gasteiger partial charge is 0.381 e. The van der Waals surface area contributed by atoms with Gasteiger partial charge in [0.2, 0.25) is 0 Å². The van der Waals surface area contributed by atoms with Crippen molar-refractivity contribution in [2.45, 2.75) is 52.2 Å². The van der Waals surface area contributed by atoms with E-state index in [2.05, 4.69) is 51.2 Å². The molecule has 0 N–H and O–H groups in total. The predicted octanol–water partition coefficient (Wildman–Crippen LogP) is 4.29. The highest BCUT2D eigenvalue weighted by Crippen LogP contribution is 2.25. The van der Waals surface area contributed by atoms with Crippen LogP contribution in [0.3, 0.4) is 0 Å².